The third kappa shape index (κ3) is 2.82. The number of hydrogen-bond donors (Lipinski definition) is 1. The number of para-hydroxylation sites is 2. The maximum atomic E-state index is 10.8. The first-order valence-corrected chi connectivity index (χ1v) is 6.01. The van der Waals surface area contributed by atoms with Crippen LogP contribution in [0.1, 0.15) is 9.75 Å². The van der Waals surface area contributed by atoms with Gasteiger partial charge in [0.15, 0.2) is 0 Å². The molecule has 0 aliphatic carbocycles. The molecule has 1 heterocycles. The Labute approximate surface area is 103 Å². The summed E-state index contributed by atoms with van der Waals surface area (Å²) in [4.78, 5) is 12.8. The number of benzene rings is 1. The van der Waals surface area contributed by atoms with Gasteiger partial charge in [-0.05, 0) is 25.1 Å². The zero-order chi connectivity index (χ0) is 12.3. The molecule has 5 heteroatoms. The largest absolute Gasteiger partial charge is 0.375 e. The van der Waals surface area contributed by atoms with E-state index in [1.165, 1.54) is 15.8 Å². The number of nitro groups is 1. The average Bonchev–Trinajstić information content (AvgIpc) is 2.73. The molecular formula is C12H12N2O2S. The fraction of sp³-hybridized carbons (Fsp3) is 0.167. The third-order valence-corrected chi connectivity index (χ3v) is 3.35. The van der Waals surface area contributed by atoms with E-state index < -0.39 is 0 Å². The molecule has 0 amide bonds. The van der Waals surface area contributed by atoms with Crippen LogP contribution >= 0.6 is 11.3 Å². The van der Waals surface area contributed by atoms with E-state index in [9.17, 15) is 10.1 Å². The van der Waals surface area contributed by atoms with Crippen LogP contribution in [0.2, 0.25) is 0 Å². The molecule has 0 aliphatic heterocycles. The van der Waals surface area contributed by atoms with Crippen LogP contribution in [0.3, 0.4) is 0 Å². The van der Waals surface area contributed by atoms with Gasteiger partial charge in [-0.25, -0.2) is 0 Å². The van der Waals surface area contributed by atoms with E-state index in [1.54, 1.807) is 29.5 Å². The van der Waals surface area contributed by atoms with Gasteiger partial charge in [0.2, 0.25) is 0 Å². The molecule has 1 aromatic heterocycles. The molecule has 1 N–H and O–H groups in total. The van der Waals surface area contributed by atoms with E-state index in [2.05, 4.69) is 5.32 Å². The van der Waals surface area contributed by atoms with Crippen molar-refractivity contribution in [2.45, 2.75) is 13.5 Å². The fourth-order valence-electron chi connectivity index (χ4n) is 1.54. The second-order valence-electron chi connectivity index (χ2n) is 3.64. The maximum absolute atomic E-state index is 10.8. The summed E-state index contributed by atoms with van der Waals surface area (Å²) < 4.78 is 0. The summed E-state index contributed by atoms with van der Waals surface area (Å²) in [6, 6.07) is 10.7. The SMILES string of the molecule is Cc1ccc(CNc2ccccc2[N+](=O)[O-])s1. The summed E-state index contributed by atoms with van der Waals surface area (Å²) >= 11 is 1.69. The summed E-state index contributed by atoms with van der Waals surface area (Å²) in [7, 11) is 0. The molecule has 0 radical (unpaired) electrons. The van der Waals surface area contributed by atoms with Gasteiger partial charge in [0.05, 0.1) is 4.92 Å². The smallest absolute Gasteiger partial charge is 0.292 e. The Hall–Kier alpha value is -1.88. The van der Waals surface area contributed by atoms with E-state index in [4.69, 9.17) is 0 Å². The second-order valence-corrected chi connectivity index (χ2v) is 5.01. The molecule has 2 aromatic rings. The highest BCUT2D eigenvalue weighted by Crippen LogP contribution is 2.24. The Morgan fingerprint density at radius 2 is 2.06 bits per heavy atom. The summed E-state index contributed by atoms with van der Waals surface area (Å²) in [5, 5.41) is 13.9. The van der Waals surface area contributed by atoms with Crippen molar-refractivity contribution in [2.24, 2.45) is 0 Å². The van der Waals surface area contributed by atoms with E-state index in [0.29, 0.717) is 12.2 Å². The van der Waals surface area contributed by atoms with Gasteiger partial charge in [0.1, 0.15) is 5.69 Å². The minimum Gasteiger partial charge on any atom is -0.375 e. The van der Waals surface area contributed by atoms with Crippen molar-refractivity contribution >= 4 is 22.7 Å². The monoisotopic (exact) mass is 248 g/mol. The average molecular weight is 248 g/mol. The van der Waals surface area contributed by atoms with Crippen molar-refractivity contribution in [1.29, 1.82) is 0 Å². The quantitative estimate of drug-likeness (QED) is 0.664. The van der Waals surface area contributed by atoms with E-state index in [-0.39, 0.29) is 10.6 Å². The van der Waals surface area contributed by atoms with Gasteiger partial charge in [-0.2, -0.15) is 0 Å². The number of aryl methyl sites for hydroxylation is 1. The zero-order valence-electron chi connectivity index (χ0n) is 9.34. The number of hydrogen-bond acceptors (Lipinski definition) is 4. The topological polar surface area (TPSA) is 55.2 Å². The van der Waals surface area contributed by atoms with Crippen LogP contribution < -0.4 is 5.32 Å². The van der Waals surface area contributed by atoms with Crippen LogP contribution in [0, 0.1) is 17.0 Å². The number of anilines is 1. The van der Waals surface area contributed by atoms with Crippen LogP contribution in [-0.2, 0) is 6.54 Å². The molecule has 0 saturated carbocycles. The molecule has 2 rings (SSSR count). The van der Waals surface area contributed by atoms with Gasteiger partial charge in [-0.3, -0.25) is 10.1 Å². The van der Waals surface area contributed by atoms with Gasteiger partial charge in [0.25, 0.3) is 5.69 Å². The summed E-state index contributed by atoms with van der Waals surface area (Å²) in [6.45, 7) is 2.66. The lowest BCUT2D eigenvalue weighted by atomic mass is 10.2. The number of nitro benzene ring substituents is 1. The number of nitrogens with one attached hydrogen (secondary N) is 1. The second kappa shape index (κ2) is 4.97. The molecule has 4 nitrogen and oxygen atoms in total. The Bertz CT molecular complexity index is 537. The van der Waals surface area contributed by atoms with Gasteiger partial charge >= 0.3 is 0 Å². The summed E-state index contributed by atoms with van der Waals surface area (Å²) in [5.74, 6) is 0. The lowest BCUT2D eigenvalue weighted by molar-refractivity contribution is -0.384. The minimum absolute atomic E-state index is 0.112. The Balaban J connectivity index is 2.11. The molecule has 0 saturated heterocycles. The summed E-state index contributed by atoms with van der Waals surface area (Å²) in [6.07, 6.45) is 0. The maximum Gasteiger partial charge on any atom is 0.292 e. The highest BCUT2D eigenvalue weighted by Gasteiger charge is 2.11. The molecule has 0 spiro atoms. The first-order chi connectivity index (χ1) is 8.16. The zero-order valence-corrected chi connectivity index (χ0v) is 10.2. The first-order valence-electron chi connectivity index (χ1n) is 5.19. The molecule has 0 atom stereocenters. The van der Waals surface area contributed by atoms with Gasteiger partial charge in [0, 0.05) is 22.4 Å². The van der Waals surface area contributed by atoms with Gasteiger partial charge in [-0.1, -0.05) is 12.1 Å². The van der Waals surface area contributed by atoms with E-state index in [0.717, 1.165) is 0 Å². The van der Waals surface area contributed by atoms with E-state index >= 15 is 0 Å². The third-order valence-electron chi connectivity index (χ3n) is 2.35. The molecule has 0 aliphatic rings. The highest BCUT2D eigenvalue weighted by atomic mass is 32.1. The highest BCUT2D eigenvalue weighted by molar-refractivity contribution is 7.11. The molecular weight excluding hydrogens is 236 g/mol. The molecule has 1 aromatic carbocycles. The van der Waals surface area contributed by atoms with Crippen LogP contribution in [0.4, 0.5) is 11.4 Å². The van der Waals surface area contributed by atoms with E-state index in [1.807, 2.05) is 19.1 Å². The van der Waals surface area contributed by atoms with Crippen molar-refractivity contribution in [1.82, 2.24) is 0 Å². The van der Waals surface area contributed by atoms with Crippen LogP contribution in [0.15, 0.2) is 36.4 Å². The van der Waals surface area contributed by atoms with Crippen molar-refractivity contribution in [3.63, 3.8) is 0 Å². The van der Waals surface area contributed by atoms with Crippen molar-refractivity contribution in [3.8, 4) is 0 Å². The van der Waals surface area contributed by atoms with Crippen LogP contribution in [-0.4, -0.2) is 4.92 Å². The Morgan fingerprint density at radius 1 is 1.29 bits per heavy atom. The standard InChI is InChI=1S/C12H12N2O2S/c1-9-6-7-10(17-9)8-13-11-4-2-3-5-12(11)14(15)16/h2-7,13H,8H2,1H3. The molecule has 0 fully saturated rings. The Morgan fingerprint density at radius 3 is 2.71 bits per heavy atom. The normalized spacial score (nSPS) is 10.2. The van der Waals surface area contributed by atoms with Gasteiger partial charge < -0.3 is 5.32 Å². The van der Waals surface area contributed by atoms with Crippen molar-refractivity contribution in [3.05, 3.63) is 56.3 Å². The minimum atomic E-state index is -0.373. The first kappa shape index (κ1) is 11.6. The Kier molecular flexibility index (Phi) is 3.39. The summed E-state index contributed by atoms with van der Waals surface area (Å²) in [5.41, 5.74) is 0.671. The van der Waals surface area contributed by atoms with Crippen molar-refractivity contribution in [2.75, 3.05) is 5.32 Å². The number of thiophene rings is 1. The number of rotatable bonds is 4. The van der Waals surface area contributed by atoms with Gasteiger partial charge in [-0.15, -0.1) is 11.3 Å². The molecule has 0 unspecified atom stereocenters. The molecule has 88 valence electrons. The number of nitrogens with zero attached hydrogens (tertiary/aromatic N) is 1. The predicted octanol–water partition coefficient (Wildman–Crippen LogP) is 3.58. The lowest BCUT2D eigenvalue weighted by Crippen LogP contribution is -2.00. The predicted molar refractivity (Wildman–Crippen MR) is 69.5 cm³/mol. The van der Waals surface area contributed by atoms with Crippen molar-refractivity contribution < 1.29 is 4.92 Å². The molecule has 0 bridgehead atoms. The molecule has 17 heavy (non-hydrogen) atoms. The van der Waals surface area contributed by atoms with Crippen LogP contribution in [0.5, 0.6) is 0 Å². The lowest BCUT2D eigenvalue weighted by Gasteiger charge is -2.05. The fourth-order valence-corrected chi connectivity index (χ4v) is 2.37. The van der Waals surface area contributed by atoms with Crippen LogP contribution in [0.25, 0.3) is 0 Å².